The van der Waals surface area contributed by atoms with Gasteiger partial charge in [0.1, 0.15) is 0 Å². The van der Waals surface area contributed by atoms with E-state index in [4.69, 9.17) is 0 Å². The van der Waals surface area contributed by atoms with Gasteiger partial charge < -0.3 is 10.2 Å². The van der Waals surface area contributed by atoms with Gasteiger partial charge in [0.15, 0.2) is 5.13 Å². The van der Waals surface area contributed by atoms with Crippen LogP contribution in [0, 0.1) is 6.92 Å². The fraction of sp³-hybridized carbons (Fsp3) is 0.500. The zero-order chi connectivity index (χ0) is 12.3. The summed E-state index contributed by atoms with van der Waals surface area (Å²) in [5.41, 5.74) is 0. The number of aromatic nitrogens is 1. The van der Waals surface area contributed by atoms with Gasteiger partial charge in [-0.05, 0) is 6.92 Å². The van der Waals surface area contributed by atoms with Crippen LogP contribution in [0.3, 0.4) is 0 Å². The quantitative estimate of drug-likeness (QED) is 0.682. The molecule has 0 unspecified atom stereocenters. The van der Waals surface area contributed by atoms with Crippen molar-refractivity contribution in [3.63, 3.8) is 0 Å². The van der Waals surface area contributed by atoms with Crippen LogP contribution in [0.25, 0.3) is 0 Å². The number of rotatable bonds is 1. The highest BCUT2D eigenvalue weighted by molar-refractivity contribution is 7.15. The van der Waals surface area contributed by atoms with Crippen molar-refractivity contribution in [1.29, 1.82) is 0 Å². The summed E-state index contributed by atoms with van der Waals surface area (Å²) in [5.74, 6) is -1.10. The van der Waals surface area contributed by atoms with Gasteiger partial charge >= 0.3 is 11.8 Å². The third-order valence-electron chi connectivity index (χ3n) is 2.44. The highest BCUT2D eigenvalue weighted by Gasteiger charge is 2.23. The predicted octanol–water partition coefficient (Wildman–Crippen LogP) is -0.178. The Kier molecular flexibility index (Phi) is 3.70. The van der Waals surface area contributed by atoms with Crippen LogP contribution in [0.2, 0.25) is 0 Å². The monoisotopic (exact) mass is 254 g/mol. The molecule has 92 valence electrons. The molecule has 0 aromatic carbocycles. The zero-order valence-corrected chi connectivity index (χ0v) is 10.3. The lowest BCUT2D eigenvalue weighted by molar-refractivity contribution is -0.143. The summed E-state index contributed by atoms with van der Waals surface area (Å²) in [6.45, 7) is 4.50. The molecule has 0 spiro atoms. The molecular formula is C10H14N4O2S. The van der Waals surface area contributed by atoms with Gasteiger partial charge in [0.2, 0.25) is 0 Å². The van der Waals surface area contributed by atoms with Crippen LogP contribution < -0.4 is 10.6 Å². The van der Waals surface area contributed by atoms with Crippen LogP contribution in [0.4, 0.5) is 5.13 Å². The molecule has 0 radical (unpaired) electrons. The second-order valence-corrected chi connectivity index (χ2v) is 5.01. The first-order chi connectivity index (χ1) is 8.16. The fourth-order valence-electron chi connectivity index (χ4n) is 1.57. The standard InChI is InChI=1S/C10H14N4O2S/c1-7-6-12-10(17-7)13-8(15)9(16)14-4-2-11-3-5-14/h6,11H,2-5H2,1H3,(H,12,13,15). The average Bonchev–Trinajstić information content (AvgIpc) is 2.75. The lowest BCUT2D eigenvalue weighted by atomic mass is 10.3. The molecule has 0 atom stereocenters. The SMILES string of the molecule is Cc1cnc(NC(=O)C(=O)N2CCNCC2)s1. The van der Waals surface area contributed by atoms with Gasteiger partial charge in [-0.25, -0.2) is 4.98 Å². The number of aryl methyl sites for hydroxylation is 1. The van der Waals surface area contributed by atoms with Crippen LogP contribution in [-0.2, 0) is 9.59 Å². The number of hydrogen-bond acceptors (Lipinski definition) is 5. The van der Waals surface area contributed by atoms with E-state index < -0.39 is 11.8 Å². The van der Waals surface area contributed by atoms with Crippen molar-refractivity contribution in [2.45, 2.75) is 6.92 Å². The molecule has 6 nitrogen and oxygen atoms in total. The van der Waals surface area contributed by atoms with Crippen molar-refractivity contribution >= 4 is 28.3 Å². The molecule has 1 aliphatic rings. The van der Waals surface area contributed by atoms with E-state index in [1.165, 1.54) is 11.3 Å². The first-order valence-electron chi connectivity index (χ1n) is 5.40. The summed E-state index contributed by atoms with van der Waals surface area (Å²) in [5, 5.41) is 6.11. The summed E-state index contributed by atoms with van der Waals surface area (Å²) in [6.07, 6.45) is 1.66. The van der Waals surface area contributed by atoms with Crippen LogP contribution in [0.15, 0.2) is 6.20 Å². The summed E-state index contributed by atoms with van der Waals surface area (Å²) in [7, 11) is 0. The highest BCUT2D eigenvalue weighted by Crippen LogP contribution is 2.16. The summed E-state index contributed by atoms with van der Waals surface area (Å²) >= 11 is 1.35. The van der Waals surface area contributed by atoms with Crippen LogP contribution in [-0.4, -0.2) is 47.9 Å². The van der Waals surface area contributed by atoms with E-state index in [0.29, 0.717) is 18.2 Å². The minimum atomic E-state index is -0.610. The average molecular weight is 254 g/mol. The number of anilines is 1. The lowest BCUT2D eigenvalue weighted by Crippen LogP contribution is -2.49. The topological polar surface area (TPSA) is 74.3 Å². The Morgan fingerprint density at radius 2 is 2.18 bits per heavy atom. The van der Waals surface area contributed by atoms with E-state index in [9.17, 15) is 9.59 Å². The zero-order valence-electron chi connectivity index (χ0n) is 9.52. The second kappa shape index (κ2) is 5.24. The molecule has 2 rings (SSSR count). The first kappa shape index (κ1) is 12.0. The van der Waals surface area contributed by atoms with E-state index in [-0.39, 0.29) is 0 Å². The Bertz CT molecular complexity index is 426. The maximum absolute atomic E-state index is 11.8. The van der Waals surface area contributed by atoms with E-state index >= 15 is 0 Å². The number of amides is 2. The van der Waals surface area contributed by atoms with Gasteiger partial charge in [-0.3, -0.25) is 14.9 Å². The van der Waals surface area contributed by atoms with Gasteiger partial charge in [-0.15, -0.1) is 11.3 Å². The first-order valence-corrected chi connectivity index (χ1v) is 6.22. The Hall–Kier alpha value is -1.47. The lowest BCUT2D eigenvalue weighted by Gasteiger charge is -2.26. The number of piperazine rings is 1. The minimum absolute atomic E-state index is 0.469. The molecule has 1 saturated heterocycles. The second-order valence-electron chi connectivity index (χ2n) is 3.77. The number of thiazole rings is 1. The van der Waals surface area contributed by atoms with Crippen molar-refractivity contribution in [1.82, 2.24) is 15.2 Å². The van der Waals surface area contributed by atoms with E-state index in [0.717, 1.165) is 18.0 Å². The third kappa shape index (κ3) is 3.01. The van der Waals surface area contributed by atoms with E-state index in [2.05, 4.69) is 15.6 Å². The van der Waals surface area contributed by atoms with Crippen molar-refractivity contribution in [2.75, 3.05) is 31.5 Å². The Balaban J connectivity index is 1.92. The maximum atomic E-state index is 11.8. The number of carbonyl (C=O) groups is 2. The van der Waals surface area contributed by atoms with E-state index in [1.54, 1.807) is 11.1 Å². The maximum Gasteiger partial charge on any atom is 0.315 e. The largest absolute Gasteiger partial charge is 0.332 e. The molecule has 1 aromatic rings. The Labute approximate surface area is 103 Å². The molecule has 1 aliphatic heterocycles. The van der Waals surface area contributed by atoms with Crippen molar-refractivity contribution < 1.29 is 9.59 Å². The van der Waals surface area contributed by atoms with Crippen molar-refractivity contribution in [3.05, 3.63) is 11.1 Å². The van der Waals surface area contributed by atoms with Gasteiger partial charge in [0.05, 0.1) is 0 Å². The van der Waals surface area contributed by atoms with Gasteiger partial charge in [0, 0.05) is 37.3 Å². The smallest absolute Gasteiger partial charge is 0.315 e. The van der Waals surface area contributed by atoms with E-state index in [1.807, 2.05) is 6.92 Å². The molecule has 0 aliphatic carbocycles. The van der Waals surface area contributed by atoms with Crippen molar-refractivity contribution in [3.8, 4) is 0 Å². The Morgan fingerprint density at radius 3 is 2.76 bits per heavy atom. The summed E-state index contributed by atoms with van der Waals surface area (Å²) in [4.78, 5) is 30.0. The van der Waals surface area contributed by atoms with Crippen LogP contribution in [0.5, 0.6) is 0 Å². The predicted molar refractivity (Wildman–Crippen MR) is 64.9 cm³/mol. The van der Waals surface area contributed by atoms with Gasteiger partial charge in [-0.1, -0.05) is 0 Å². The van der Waals surface area contributed by atoms with Crippen molar-refractivity contribution in [2.24, 2.45) is 0 Å². The number of nitrogens with zero attached hydrogens (tertiary/aromatic N) is 2. The number of hydrogen-bond donors (Lipinski definition) is 2. The van der Waals surface area contributed by atoms with Gasteiger partial charge in [0.25, 0.3) is 0 Å². The fourth-order valence-corrected chi connectivity index (χ4v) is 2.23. The molecule has 0 bridgehead atoms. The molecule has 0 saturated carbocycles. The molecule has 1 fully saturated rings. The molecule has 2 amide bonds. The Morgan fingerprint density at radius 1 is 1.47 bits per heavy atom. The normalized spacial score (nSPS) is 15.7. The molecular weight excluding hydrogens is 240 g/mol. The molecule has 1 aromatic heterocycles. The molecule has 7 heteroatoms. The summed E-state index contributed by atoms with van der Waals surface area (Å²) in [6, 6.07) is 0. The number of nitrogens with one attached hydrogen (secondary N) is 2. The van der Waals surface area contributed by atoms with Gasteiger partial charge in [-0.2, -0.15) is 0 Å². The third-order valence-corrected chi connectivity index (χ3v) is 3.27. The highest BCUT2D eigenvalue weighted by atomic mass is 32.1. The molecule has 17 heavy (non-hydrogen) atoms. The van der Waals surface area contributed by atoms with Crippen LogP contribution in [0.1, 0.15) is 4.88 Å². The molecule has 2 N–H and O–H groups in total. The minimum Gasteiger partial charge on any atom is -0.332 e. The number of carbonyl (C=O) groups excluding carboxylic acids is 2. The molecule has 2 heterocycles. The van der Waals surface area contributed by atoms with Crippen LogP contribution >= 0.6 is 11.3 Å². The summed E-state index contributed by atoms with van der Waals surface area (Å²) < 4.78 is 0.